The zero-order chi connectivity index (χ0) is 13.0. The minimum atomic E-state index is -0.657. The summed E-state index contributed by atoms with van der Waals surface area (Å²) in [6, 6.07) is 5.59. The van der Waals surface area contributed by atoms with Gasteiger partial charge in [-0.3, -0.25) is 4.98 Å². The number of ether oxygens (including phenoxy) is 1. The summed E-state index contributed by atoms with van der Waals surface area (Å²) in [4.78, 5) is 3.79. The lowest BCUT2D eigenvalue weighted by atomic mass is 10.2. The van der Waals surface area contributed by atoms with Crippen molar-refractivity contribution in [1.29, 1.82) is 0 Å². The van der Waals surface area contributed by atoms with Gasteiger partial charge in [-0.15, -0.1) is 0 Å². The molecule has 0 saturated carbocycles. The van der Waals surface area contributed by atoms with E-state index in [4.69, 9.17) is 9.84 Å². The van der Waals surface area contributed by atoms with Crippen LogP contribution in [0.5, 0.6) is 11.5 Å². The Balaban J connectivity index is 2.22. The maximum absolute atomic E-state index is 13.6. The molecule has 5 heteroatoms. The highest BCUT2D eigenvalue weighted by Gasteiger charge is 2.06. The van der Waals surface area contributed by atoms with Crippen molar-refractivity contribution in [1.82, 2.24) is 4.98 Å². The highest BCUT2D eigenvalue weighted by atomic mass is 19.1. The van der Waals surface area contributed by atoms with Gasteiger partial charge >= 0.3 is 0 Å². The molecule has 1 aromatic carbocycles. The molecule has 2 aromatic rings. The summed E-state index contributed by atoms with van der Waals surface area (Å²) in [5.41, 5.74) is 0.815. The van der Waals surface area contributed by atoms with Crippen molar-refractivity contribution in [3.63, 3.8) is 0 Å². The molecule has 94 valence electrons. The zero-order valence-electron chi connectivity index (χ0n) is 9.44. The van der Waals surface area contributed by atoms with Crippen LogP contribution >= 0.6 is 0 Å². The van der Waals surface area contributed by atoms with Gasteiger partial charge in [0.05, 0.1) is 12.8 Å². The third kappa shape index (κ3) is 2.81. The first kappa shape index (κ1) is 12.4. The van der Waals surface area contributed by atoms with Crippen molar-refractivity contribution in [3.8, 4) is 11.5 Å². The second-order valence-electron chi connectivity index (χ2n) is 3.69. The van der Waals surface area contributed by atoms with E-state index in [0.29, 0.717) is 11.1 Å². The summed E-state index contributed by atoms with van der Waals surface area (Å²) in [5.74, 6) is -0.321. The van der Waals surface area contributed by atoms with E-state index in [0.717, 1.165) is 0 Å². The third-order valence-electron chi connectivity index (χ3n) is 2.33. The Bertz CT molecular complexity index is 546. The van der Waals surface area contributed by atoms with Crippen LogP contribution in [0.15, 0.2) is 36.7 Å². The molecule has 0 fully saturated rings. The molecule has 1 N–H and O–H groups in total. The van der Waals surface area contributed by atoms with Crippen LogP contribution in [0.2, 0.25) is 0 Å². The molecular formula is C13H11F2NO2. The van der Waals surface area contributed by atoms with Crippen LogP contribution in [0.25, 0.3) is 0 Å². The highest BCUT2D eigenvalue weighted by Crippen LogP contribution is 2.25. The van der Waals surface area contributed by atoms with Crippen molar-refractivity contribution in [2.24, 2.45) is 0 Å². The Morgan fingerprint density at radius 2 is 2.00 bits per heavy atom. The number of hydrogen-bond acceptors (Lipinski definition) is 3. The number of aliphatic hydroxyl groups is 1. The van der Waals surface area contributed by atoms with E-state index < -0.39 is 12.5 Å². The fourth-order valence-corrected chi connectivity index (χ4v) is 1.45. The van der Waals surface area contributed by atoms with Gasteiger partial charge in [0.25, 0.3) is 0 Å². The summed E-state index contributed by atoms with van der Waals surface area (Å²) < 4.78 is 31.3. The SMILES string of the molecule is OCc1ccc(Oc2cncc(CF)c2)c(F)c1. The Morgan fingerprint density at radius 1 is 1.17 bits per heavy atom. The molecule has 18 heavy (non-hydrogen) atoms. The van der Waals surface area contributed by atoms with E-state index in [1.54, 1.807) is 6.07 Å². The van der Waals surface area contributed by atoms with Gasteiger partial charge in [-0.25, -0.2) is 8.78 Å². The largest absolute Gasteiger partial charge is 0.453 e. The molecule has 3 nitrogen and oxygen atoms in total. The van der Waals surface area contributed by atoms with Crippen molar-refractivity contribution in [2.75, 3.05) is 0 Å². The summed E-state index contributed by atoms with van der Waals surface area (Å²) >= 11 is 0. The van der Waals surface area contributed by atoms with Crippen LogP contribution in [0, 0.1) is 5.82 Å². The van der Waals surface area contributed by atoms with Crippen molar-refractivity contribution in [2.45, 2.75) is 13.3 Å². The van der Waals surface area contributed by atoms with Gasteiger partial charge < -0.3 is 9.84 Å². The zero-order valence-corrected chi connectivity index (χ0v) is 9.44. The molecule has 0 aliphatic heterocycles. The van der Waals surface area contributed by atoms with E-state index >= 15 is 0 Å². The Hall–Kier alpha value is -2.01. The van der Waals surface area contributed by atoms with Crippen LogP contribution in [-0.4, -0.2) is 10.1 Å². The van der Waals surface area contributed by atoms with E-state index in [9.17, 15) is 8.78 Å². The Morgan fingerprint density at radius 3 is 2.67 bits per heavy atom. The number of halogens is 2. The van der Waals surface area contributed by atoms with Gasteiger partial charge in [0.2, 0.25) is 0 Å². The first-order valence-corrected chi connectivity index (χ1v) is 5.30. The van der Waals surface area contributed by atoms with Crippen LogP contribution in [0.1, 0.15) is 11.1 Å². The van der Waals surface area contributed by atoms with Crippen molar-refractivity contribution in [3.05, 3.63) is 53.6 Å². The maximum Gasteiger partial charge on any atom is 0.166 e. The minimum Gasteiger partial charge on any atom is -0.453 e. The topological polar surface area (TPSA) is 42.4 Å². The molecule has 1 aromatic heterocycles. The number of nitrogens with zero attached hydrogens (tertiary/aromatic N) is 1. The first-order chi connectivity index (χ1) is 8.72. The van der Waals surface area contributed by atoms with Crippen LogP contribution < -0.4 is 4.74 Å². The lowest BCUT2D eigenvalue weighted by Gasteiger charge is -2.08. The number of benzene rings is 1. The second-order valence-corrected chi connectivity index (χ2v) is 3.69. The summed E-state index contributed by atoms with van der Waals surface area (Å²) in [7, 11) is 0. The Kier molecular flexibility index (Phi) is 3.84. The number of aliphatic hydroxyl groups excluding tert-OH is 1. The Labute approximate surface area is 103 Å². The quantitative estimate of drug-likeness (QED) is 0.908. The number of aromatic nitrogens is 1. The van der Waals surface area contributed by atoms with E-state index in [2.05, 4.69) is 4.98 Å². The fourth-order valence-electron chi connectivity index (χ4n) is 1.45. The lowest BCUT2D eigenvalue weighted by molar-refractivity contribution is 0.281. The molecule has 0 bridgehead atoms. The molecule has 0 amide bonds. The molecule has 0 atom stereocenters. The van der Waals surface area contributed by atoms with Gasteiger partial charge in [-0.05, 0) is 23.8 Å². The summed E-state index contributed by atoms with van der Waals surface area (Å²) in [6.45, 7) is -0.897. The molecular weight excluding hydrogens is 240 g/mol. The number of pyridine rings is 1. The van der Waals surface area contributed by atoms with Gasteiger partial charge in [0, 0.05) is 11.8 Å². The van der Waals surface area contributed by atoms with Gasteiger partial charge in [0.15, 0.2) is 11.6 Å². The number of hydrogen-bond donors (Lipinski definition) is 1. The predicted molar refractivity (Wildman–Crippen MR) is 61.4 cm³/mol. The highest BCUT2D eigenvalue weighted by molar-refractivity contribution is 5.34. The van der Waals surface area contributed by atoms with E-state index in [1.807, 2.05) is 0 Å². The molecule has 0 aliphatic rings. The molecule has 2 rings (SSSR count). The molecule has 0 unspecified atom stereocenters. The number of alkyl halides is 1. The maximum atomic E-state index is 13.6. The van der Waals surface area contributed by atoms with Crippen molar-refractivity contribution < 1.29 is 18.6 Å². The van der Waals surface area contributed by atoms with E-state index in [1.165, 1.54) is 30.6 Å². The van der Waals surface area contributed by atoms with Gasteiger partial charge in [0.1, 0.15) is 12.4 Å². The number of rotatable bonds is 4. The molecule has 0 saturated heterocycles. The summed E-state index contributed by atoms with van der Waals surface area (Å²) in [6.07, 6.45) is 2.75. The van der Waals surface area contributed by atoms with Crippen molar-refractivity contribution >= 4 is 0 Å². The monoisotopic (exact) mass is 251 g/mol. The van der Waals surface area contributed by atoms with Gasteiger partial charge in [-0.2, -0.15) is 0 Å². The first-order valence-electron chi connectivity index (χ1n) is 5.30. The molecule has 0 radical (unpaired) electrons. The third-order valence-corrected chi connectivity index (χ3v) is 2.33. The molecule has 0 aliphatic carbocycles. The fraction of sp³-hybridized carbons (Fsp3) is 0.154. The smallest absolute Gasteiger partial charge is 0.166 e. The molecule has 0 spiro atoms. The predicted octanol–water partition coefficient (Wildman–Crippen LogP) is 2.97. The lowest BCUT2D eigenvalue weighted by Crippen LogP contribution is -1.92. The van der Waals surface area contributed by atoms with Crippen LogP contribution in [-0.2, 0) is 13.3 Å². The average Bonchev–Trinajstić information content (AvgIpc) is 2.41. The van der Waals surface area contributed by atoms with Gasteiger partial charge in [-0.1, -0.05) is 6.07 Å². The van der Waals surface area contributed by atoms with E-state index in [-0.39, 0.29) is 18.1 Å². The normalized spacial score (nSPS) is 10.4. The standard InChI is InChI=1S/C13H11F2NO2/c14-5-10-3-11(7-16-6-10)18-13-2-1-9(8-17)4-12(13)15/h1-4,6-7,17H,5,8H2. The van der Waals surface area contributed by atoms with Crippen LogP contribution in [0.3, 0.4) is 0 Å². The summed E-state index contributed by atoms with van der Waals surface area (Å²) in [5, 5.41) is 8.85. The average molecular weight is 251 g/mol. The second kappa shape index (κ2) is 5.55. The molecule has 1 heterocycles. The van der Waals surface area contributed by atoms with Crippen LogP contribution in [0.4, 0.5) is 8.78 Å². The minimum absolute atomic E-state index is 0.00464.